The molecule has 1 aliphatic rings. The van der Waals surface area contributed by atoms with Crippen LogP contribution in [0, 0.1) is 0 Å². The quantitative estimate of drug-likeness (QED) is 0.611. The summed E-state index contributed by atoms with van der Waals surface area (Å²) in [6, 6.07) is 0. The van der Waals surface area contributed by atoms with Gasteiger partial charge in [-0.2, -0.15) is 0 Å². The number of hydrogen-bond acceptors (Lipinski definition) is 5. The highest BCUT2D eigenvalue weighted by Crippen LogP contribution is 2.03. The highest BCUT2D eigenvalue weighted by atomic mass is 16.7. The average Bonchev–Trinajstić information content (AvgIpc) is 2.46. The predicted octanol–water partition coefficient (Wildman–Crippen LogP) is 0.139. The van der Waals surface area contributed by atoms with Crippen LogP contribution in [0.25, 0.3) is 0 Å². The van der Waals surface area contributed by atoms with Gasteiger partial charge in [0.25, 0.3) is 0 Å². The number of nitrogens with zero attached hydrogens (tertiary/aromatic N) is 2. The maximum Gasteiger partial charge on any atom is 0.236 e. The third-order valence-corrected chi connectivity index (χ3v) is 3.33. The third kappa shape index (κ3) is 6.65. The fourth-order valence-corrected chi connectivity index (χ4v) is 2.24. The number of carbonyl (C=O) groups is 1. The smallest absolute Gasteiger partial charge is 0.236 e. The molecule has 1 amide bonds. The van der Waals surface area contributed by atoms with Crippen LogP contribution in [0.2, 0.25) is 0 Å². The lowest BCUT2D eigenvalue weighted by Crippen LogP contribution is -2.49. The first kappa shape index (κ1) is 17.4. The molecule has 0 radical (unpaired) electrons. The molecule has 1 rings (SSSR count). The van der Waals surface area contributed by atoms with E-state index >= 15 is 0 Å². The van der Waals surface area contributed by atoms with Crippen LogP contribution in [0.5, 0.6) is 0 Å². The summed E-state index contributed by atoms with van der Waals surface area (Å²) in [6.07, 6.45) is 0.620. The van der Waals surface area contributed by atoms with Crippen molar-refractivity contribution in [1.29, 1.82) is 0 Å². The average molecular weight is 287 g/mol. The van der Waals surface area contributed by atoms with Gasteiger partial charge < -0.3 is 19.7 Å². The summed E-state index contributed by atoms with van der Waals surface area (Å²) >= 11 is 0. The second-order valence-corrected chi connectivity index (χ2v) is 5.00. The van der Waals surface area contributed by atoms with Gasteiger partial charge in [-0.15, -0.1) is 0 Å². The van der Waals surface area contributed by atoms with Crippen molar-refractivity contribution >= 4 is 5.91 Å². The Kier molecular flexibility index (Phi) is 8.77. The summed E-state index contributed by atoms with van der Waals surface area (Å²) in [5.41, 5.74) is 0. The Balaban J connectivity index is 2.23. The lowest BCUT2D eigenvalue weighted by atomic mass is 10.3. The maximum atomic E-state index is 12.1. The zero-order valence-corrected chi connectivity index (χ0v) is 13.1. The van der Waals surface area contributed by atoms with Gasteiger partial charge in [0.2, 0.25) is 5.91 Å². The normalized spacial score (nSPS) is 16.1. The summed E-state index contributed by atoms with van der Waals surface area (Å²) in [7, 11) is 1.97. The summed E-state index contributed by atoms with van der Waals surface area (Å²) in [6.45, 7) is 9.89. The van der Waals surface area contributed by atoms with Crippen LogP contribution in [-0.2, 0) is 14.3 Å². The van der Waals surface area contributed by atoms with Gasteiger partial charge in [-0.1, -0.05) is 0 Å². The Morgan fingerprint density at radius 1 is 1.25 bits per heavy atom. The van der Waals surface area contributed by atoms with E-state index < -0.39 is 0 Å². The standard InChI is InChI=1S/C14H29N3O3/c1-4-19-14(20-5-2)6-9-16(3)12-13(18)17-10-7-15-8-11-17/h14-15H,4-12H2,1-3H3. The molecule has 6 nitrogen and oxygen atoms in total. The minimum Gasteiger partial charge on any atom is -0.353 e. The first-order valence-corrected chi connectivity index (χ1v) is 7.57. The molecule has 6 heteroatoms. The van der Waals surface area contributed by atoms with Crippen LogP contribution in [0.3, 0.4) is 0 Å². The molecule has 0 aromatic carbocycles. The zero-order chi connectivity index (χ0) is 14.8. The number of likely N-dealkylation sites (N-methyl/N-ethyl adjacent to an activating group) is 1. The molecule has 0 spiro atoms. The number of piperazine rings is 1. The van der Waals surface area contributed by atoms with Gasteiger partial charge in [0, 0.05) is 52.4 Å². The molecule has 0 aromatic rings. The van der Waals surface area contributed by atoms with Crippen molar-refractivity contribution < 1.29 is 14.3 Å². The topological polar surface area (TPSA) is 54.0 Å². The van der Waals surface area contributed by atoms with Crippen molar-refractivity contribution in [1.82, 2.24) is 15.1 Å². The van der Waals surface area contributed by atoms with E-state index in [9.17, 15) is 4.79 Å². The van der Waals surface area contributed by atoms with Crippen LogP contribution in [-0.4, -0.2) is 81.5 Å². The molecular weight excluding hydrogens is 258 g/mol. The molecule has 0 unspecified atom stereocenters. The van der Waals surface area contributed by atoms with Crippen molar-refractivity contribution in [3.8, 4) is 0 Å². The molecule has 0 atom stereocenters. The Bertz CT molecular complexity index is 264. The third-order valence-electron chi connectivity index (χ3n) is 3.33. The lowest BCUT2D eigenvalue weighted by molar-refractivity contribution is -0.143. The molecule has 1 aliphatic heterocycles. The predicted molar refractivity (Wildman–Crippen MR) is 78.6 cm³/mol. The number of carbonyl (C=O) groups excluding carboxylic acids is 1. The largest absolute Gasteiger partial charge is 0.353 e. The van der Waals surface area contributed by atoms with Crippen LogP contribution < -0.4 is 5.32 Å². The van der Waals surface area contributed by atoms with Crippen molar-refractivity contribution in [3.63, 3.8) is 0 Å². The van der Waals surface area contributed by atoms with Gasteiger partial charge in [-0.3, -0.25) is 9.69 Å². The summed E-state index contributed by atoms with van der Waals surface area (Å²) in [4.78, 5) is 16.1. The van der Waals surface area contributed by atoms with Gasteiger partial charge in [-0.25, -0.2) is 0 Å². The second-order valence-electron chi connectivity index (χ2n) is 5.00. The van der Waals surface area contributed by atoms with Gasteiger partial charge in [0.15, 0.2) is 6.29 Å². The number of hydrogen-bond donors (Lipinski definition) is 1. The molecule has 1 N–H and O–H groups in total. The molecule has 0 aliphatic carbocycles. The van der Waals surface area contributed by atoms with Crippen molar-refractivity contribution in [2.45, 2.75) is 26.6 Å². The molecule has 1 fully saturated rings. The van der Waals surface area contributed by atoms with Gasteiger partial charge in [0.1, 0.15) is 0 Å². The van der Waals surface area contributed by atoms with E-state index in [-0.39, 0.29) is 12.2 Å². The fraction of sp³-hybridized carbons (Fsp3) is 0.929. The Morgan fingerprint density at radius 3 is 2.40 bits per heavy atom. The first-order chi connectivity index (χ1) is 9.67. The van der Waals surface area contributed by atoms with Crippen molar-refractivity contribution in [3.05, 3.63) is 0 Å². The van der Waals surface area contributed by atoms with Crippen LogP contribution in [0.15, 0.2) is 0 Å². The van der Waals surface area contributed by atoms with Gasteiger partial charge in [-0.05, 0) is 20.9 Å². The van der Waals surface area contributed by atoms with E-state index in [1.54, 1.807) is 0 Å². The summed E-state index contributed by atoms with van der Waals surface area (Å²) in [5.74, 6) is 0.207. The molecule has 20 heavy (non-hydrogen) atoms. The van der Waals surface area contributed by atoms with E-state index in [1.165, 1.54) is 0 Å². The minimum absolute atomic E-state index is 0.165. The van der Waals surface area contributed by atoms with E-state index in [4.69, 9.17) is 9.47 Å². The number of nitrogens with one attached hydrogen (secondary N) is 1. The van der Waals surface area contributed by atoms with Gasteiger partial charge >= 0.3 is 0 Å². The van der Waals surface area contributed by atoms with Gasteiger partial charge in [0.05, 0.1) is 6.54 Å². The molecule has 118 valence electrons. The monoisotopic (exact) mass is 287 g/mol. The zero-order valence-electron chi connectivity index (χ0n) is 13.1. The summed E-state index contributed by atoms with van der Waals surface area (Å²) in [5, 5.41) is 3.25. The Labute approximate surface area is 122 Å². The molecule has 1 heterocycles. The molecule has 0 aromatic heterocycles. The maximum absolute atomic E-state index is 12.1. The summed E-state index contributed by atoms with van der Waals surface area (Å²) < 4.78 is 11.0. The number of ether oxygens (including phenoxy) is 2. The number of rotatable bonds is 9. The highest BCUT2D eigenvalue weighted by Gasteiger charge is 2.18. The van der Waals surface area contributed by atoms with Crippen LogP contribution in [0.4, 0.5) is 0 Å². The molecular formula is C14H29N3O3. The number of amides is 1. The first-order valence-electron chi connectivity index (χ1n) is 7.57. The Hall–Kier alpha value is -0.690. The fourth-order valence-electron chi connectivity index (χ4n) is 2.24. The highest BCUT2D eigenvalue weighted by molar-refractivity contribution is 5.78. The van der Waals surface area contributed by atoms with E-state index in [1.807, 2.05) is 30.7 Å². The van der Waals surface area contributed by atoms with Crippen molar-refractivity contribution in [2.24, 2.45) is 0 Å². The second kappa shape index (κ2) is 10.1. The minimum atomic E-state index is -0.165. The Morgan fingerprint density at radius 2 is 1.85 bits per heavy atom. The lowest BCUT2D eigenvalue weighted by Gasteiger charge is -2.29. The van der Waals surface area contributed by atoms with E-state index in [0.29, 0.717) is 19.8 Å². The van der Waals surface area contributed by atoms with Crippen molar-refractivity contribution in [2.75, 3.05) is 59.5 Å². The van der Waals surface area contributed by atoms with E-state index in [2.05, 4.69) is 5.32 Å². The van der Waals surface area contributed by atoms with Crippen LogP contribution in [0.1, 0.15) is 20.3 Å². The molecule has 0 bridgehead atoms. The van der Waals surface area contributed by atoms with Crippen LogP contribution >= 0.6 is 0 Å². The molecule has 0 saturated carbocycles. The van der Waals surface area contributed by atoms with E-state index in [0.717, 1.165) is 39.1 Å². The molecule has 1 saturated heterocycles. The SMILES string of the molecule is CCOC(CCN(C)CC(=O)N1CCNCC1)OCC.